The fourth-order valence-electron chi connectivity index (χ4n) is 15.6. The first kappa shape index (κ1) is 67.4. The number of nitrogens with one attached hydrogen (secondary N) is 1. The number of carbonyl (C=O) groups excluding carboxylic acids is 8. The molecule has 4 aromatic carbocycles. The summed E-state index contributed by atoms with van der Waals surface area (Å²) in [5.74, 6) is -8.84. The molecule has 2 saturated carbocycles. The largest absolute Gasteiger partial charge is 0.461 e. The number of amides is 1. The Kier molecular flexibility index (Phi) is 18.2. The Morgan fingerprint density at radius 3 is 2.14 bits per heavy atom. The van der Waals surface area contributed by atoms with Crippen LogP contribution in [0, 0.1) is 16.7 Å². The molecule has 12 atom stereocenters. The molecule has 2 aromatic heterocycles. The third-order valence-corrected chi connectivity index (χ3v) is 20.7. The van der Waals surface area contributed by atoms with Crippen molar-refractivity contribution in [2.75, 3.05) is 13.2 Å². The first-order valence-corrected chi connectivity index (χ1v) is 32.6. The van der Waals surface area contributed by atoms with Crippen LogP contribution in [0.25, 0.3) is 22.3 Å². The van der Waals surface area contributed by atoms with Gasteiger partial charge in [0.05, 0.1) is 58.6 Å². The van der Waals surface area contributed by atoms with Crippen molar-refractivity contribution < 1.29 is 86.8 Å². The molecule has 12 rings (SSSR count). The third-order valence-electron chi connectivity index (χ3n) is 20.7. The number of pyridine rings is 2. The molecule has 0 spiro atoms. The molecule has 3 fully saturated rings. The second-order valence-electron chi connectivity index (χ2n) is 26.6. The molecule has 506 valence electrons. The lowest BCUT2D eigenvalue weighted by atomic mass is 9.44. The molecular weight excluding hydrogens is 1250 g/mol. The number of rotatable bonds is 19. The molecule has 5 heterocycles. The number of ether oxygens (including phenoxy) is 7. The van der Waals surface area contributed by atoms with Crippen molar-refractivity contribution in [3.8, 4) is 11.4 Å². The fourth-order valence-corrected chi connectivity index (χ4v) is 15.6. The lowest BCUT2D eigenvalue weighted by Crippen LogP contribution is -2.82. The summed E-state index contributed by atoms with van der Waals surface area (Å²) in [7, 11) is 0. The topological polar surface area (TPSA) is 321 Å². The first-order valence-electron chi connectivity index (χ1n) is 32.6. The van der Waals surface area contributed by atoms with E-state index in [9.17, 15) is 53.7 Å². The Labute approximate surface area is 558 Å². The van der Waals surface area contributed by atoms with Crippen LogP contribution in [-0.2, 0) is 80.7 Å². The highest BCUT2D eigenvalue weighted by molar-refractivity contribution is 6.03. The zero-order chi connectivity index (χ0) is 69.1. The van der Waals surface area contributed by atoms with E-state index in [4.69, 9.17) is 43.1 Å². The summed E-state index contributed by atoms with van der Waals surface area (Å²) in [6.45, 7) is 9.71. The summed E-state index contributed by atoms with van der Waals surface area (Å²) in [6, 6.07) is 31.8. The Morgan fingerprint density at radius 1 is 0.814 bits per heavy atom. The van der Waals surface area contributed by atoms with E-state index in [0.717, 1.165) is 30.4 Å². The van der Waals surface area contributed by atoms with E-state index in [1.54, 1.807) is 116 Å². The van der Waals surface area contributed by atoms with E-state index in [1.807, 2.05) is 24.3 Å². The molecule has 0 radical (unpaired) electrons. The molecule has 2 unspecified atom stereocenters. The summed E-state index contributed by atoms with van der Waals surface area (Å²) in [5, 5.41) is 41.3. The average Bonchev–Trinajstić information content (AvgIpc) is 1.12. The molecule has 2 bridgehead atoms. The lowest BCUT2D eigenvalue weighted by molar-refractivity contribution is -0.346. The van der Waals surface area contributed by atoms with Gasteiger partial charge in [-0.25, -0.2) is 19.4 Å². The van der Waals surface area contributed by atoms with Crippen molar-refractivity contribution in [2.45, 2.75) is 166 Å². The summed E-state index contributed by atoms with van der Waals surface area (Å²) >= 11 is 0. The lowest BCUT2D eigenvalue weighted by Gasteiger charge is -2.67. The molecule has 3 aliphatic heterocycles. The molecule has 1 amide bonds. The van der Waals surface area contributed by atoms with Gasteiger partial charge < -0.3 is 58.4 Å². The zero-order valence-corrected chi connectivity index (χ0v) is 54.7. The van der Waals surface area contributed by atoms with E-state index in [0.29, 0.717) is 41.9 Å². The molecule has 23 nitrogen and oxygen atoms in total. The highest BCUT2D eigenvalue weighted by Crippen LogP contribution is 2.65. The third kappa shape index (κ3) is 11.6. The normalized spacial score (nSPS) is 27.2. The van der Waals surface area contributed by atoms with E-state index in [-0.39, 0.29) is 72.2 Å². The number of carbonyl (C=O) groups is 8. The number of ketones is 1. The monoisotopic (exact) mass is 1320 g/mol. The summed E-state index contributed by atoms with van der Waals surface area (Å²) in [6.07, 6.45) is -8.31. The van der Waals surface area contributed by atoms with Crippen molar-refractivity contribution in [1.82, 2.24) is 14.9 Å². The van der Waals surface area contributed by atoms with Crippen LogP contribution >= 0.6 is 0 Å². The molecular formula is C74H76N4O19. The minimum absolute atomic E-state index is 0.00625. The number of aliphatic imine (C=N–C) groups is 1. The van der Waals surface area contributed by atoms with E-state index < -0.39 is 142 Å². The number of hydrogen-bond donors (Lipinski definition) is 4. The van der Waals surface area contributed by atoms with Gasteiger partial charge in [0.1, 0.15) is 36.6 Å². The molecule has 6 aliphatic rings. The number of para-hydroxylation sites is 1. The maximum Gasteiger partial charge on any atom is 0.343 e. The van der Waals surface area contributed by atoms with Gasteiger partial charge in [0.15, 0.2) is 29.2 Å². The maximum atomic E-state index is 16.5. The fraction of sp³-hybridized carbons (Fsp3) is 0.419. The standard InChI is InChI=1S/C74H76N4O19/c1-8-72(89)50-33-52-59-48(37-78(52)66(85)49(50)38-91-69(72)88)47(46-29-20-21-30-51(46)76-59)36-75-32-22-12-19-31-56(81)95-54-34-55-73(39-92-55,97-42(4)80)62-64(96-67(86)45-27-17-11-18-28-45)74(90)35-53(40(2)57(70(74,5)6)61(93-41(3)79)63(83)71(54,62)7)94-68(87)60(82)58(43-23-13-9-14-24-43)77-65(84)44-25-15-10-16-26-44/h9-11,13-18,20-21,23-30,33,36,53-55,58,60-62,64,82,89-90H,8,12,19,22,31-32,34-35,37-39H2,1-7H3,(H,77,84)/t53-,54-,55+,58-,60+,61+,62?,64?,71+,72+,73-,74+/m0/s1. The number of hydrogen-bond acceptors (Lipinski definition) is 21. The minimum atomic E-state index is -2.52. The Balaban J connectivity index is 0.843. The predicted octanol–water partition coefficient (Wildman–Crippen LogP) is 7.36. The van der Waals surface area contributed by atoms with Gasteiger partial charge in [0, 0.05) is 78.9 Å². The predicted molar refractivity (Wildman–Crippen MR) is 347 cm³/mol. The molecule has 1 saturated heterocycles. The Hall–Kier alpha value is -9.55. The molecule has 23 heteroatoms. The van der Waals surface area contributed by atoms with Gasteiger partial charge >= 0.3 is 35.8 Å². The van der Waals surface area contributed by atoms with Crippen LogP contribution in [0.1, 0.15) is 148 Å². The molecule has 4 N–H and O–H groups in total. The summed E-state index contributed by atoms with van der Waals surface area (Å²) in [4.78, 5) is 138. The van der Waals surface area contributed by atoms with Gasteiger partial charge in [-0.3, -0.25) is 33.8 Å². The van der Waals surface area contributed by atoms with Crippen molar-refractivity contribution in [1.29, 1.82) is 0 Å². The number of cyclic esters (lactones) is 1. The maximum absolute atomic E-state index is 16.5. The minimum Gasteiger partial charge on any atom is -0.461 e. The molecule has 6 aromatic rings. The van der Waals surface area contributed by atoms with E-state index in [2.05, 4.69) is 5.32 Å². The van der Waals surface area contributed by atoms with Gasteiger partial charge in [0.2, 0.25) is 0 Å². The van der Waals surface area contributed by atoms with Crippen molar-refractivity contribution in [3.63, 3.8) is 0 Å². The summed E-state index contributed by atoms with van der Waals surface area (Å²) in [5.41, 5.74) is -6.72. The van der Waals surface area contributed by atoms with Crippen LogP contribution in [-0.4, -0.2) is 140 Å². The Bertz CT molecular complexity index is 4300. The average molecular weight is 1330 g/mol. The van der Waals surface area contributed by atoms with Crippen LogP contribution in [0.4, 0.5) is 0 Å². The van der Waals surface area contributed by atoms with Gasteiger partial charge in [-0.2, -0.15) is 0 Å². The van der Waals surface area contributed by atoms with Crippen LogP contribution in [0.3, 0.4) is 0 Å². The highest BCUT2D eigenvalue weighted by Gasteiger charge is 2.79. The van der Waals surface area contributed by atoms with E-state index >= 15 is 4.79 Å². The van der Waals surface area contributed by atoms with Crippen molar-refractivity contribution >= 4 is 64.6 Å². The van der Waals surface area contributed by atoms with Crippen LogP contribution in [0.5, 0.6) is 0 Å². The van der Waals surface area contributed by atoms with Crippen LogP contribution < -0.4 is 10.9 Å². The van der Waals surface area contributed by atoms with Gasteiger partial charge in [-0.15, -0.1) is 0 Å². The quantitative estimate of drug-likeness (QED) is 0.0202. The number of aromatic nitrogens is 2. The second kappa shape index (κ2) is 26.1. The smallest absolute Gasteiger partial charge is 0.343 e. The number of unbranched alkanes of at least 4 members (excludes halogenated alkanes) is 2. The van der Waals surface area contributed by atoms with Gasteiger partial charge in [0.25, 0.3) is 11.5 Å². The van der Waals surface area contributed by atoms with Crippen LogP contribution in [0.2, 0.25) is 0 Å². The number of aliphatic hydroxyl groups excluding tert-OH is 1. The number of Topliss-reactive ketones (excluding diaryl/α,β-unsaturated/α-hetero) is 1. The van der Waals surface area contributed by atoms with Gasteiger partial charge in [-0.05, 0) is 86.2 Å². The number of benzene rings is 4. The first-order chi connectivity index (χ1) is 46.3. The second-order valence-corrected chi connectivity index (χ2v) is 26.6. The van der Waals surface area contributed by atoms with Crippen LogP contribution in [0.15, 0.2) is 142 Å². The van der Waals surface area contributed by atoms with Crippen molar-refractivity contribution in [3.05, 3.63) is 182 Å². The van der Waals surface area contributed by atoms with Crippen molar-refractivity contribution in [2.24, 2.45) is 21.7 Å². The van der Waals surface area contributed by atoms with E-state index in [1.165, 1.54) is 26.0 Å². The number of nitrogens with zero attached hydrogens (tertiary/aromatic N) is 3. The molecule has 3 aliphatic carbocycles. The van der Waals surface area contributed by atoms with Gasteiger partial charge in [-0.1, -0.05) is 112 Å². The number of aliphatic hydroxyl groups is 3. The Morgan fingerprint density at radius 2 is 1.48 bits per heavy atom. The summed E-state index contributed by atoms with van der Waals surface area (Å²) < 4.78 is 44.8. The number of esters is 6. The number of fused-ring (bicyclic) bond motifs is 10. The highest BCUT2D eigenvalue weighted by atomic mass is 16.6. The molecule has 97 heavy (non-hydrogen) atoms. The SMILES string of the molecule is CC[C@]1(O)C(=O)OCc2c1cc1n(c2=O)Cc2c-1nc1ccccc1c2C=NCCCCCC(=O)O[C@H]1C[C@H]2OC[C@@]2(OC(C)=O)C2C(OC(=O)c3ccccc3)[C@]3(O)C[C@H](OC(=O)[C@H](O)[C@@H](NC(=O)c4ccccc4)c4ccccc4)C(C)=C([C@@H](OC(C)=O)C(=O)[C@@]21C)C3(C)C. The zero-order valence-electron chi connectivity index (χ0n) is 54.7.